The first-order valence-electron chi connectivity index (χ1n) is 14.3. The summed E-state index contributed by atoms with van der Waals surface area (Å²) in [6.45, 7) is 6.65. The van der Waals surface area contributed by atoms with Crippen LogP contribution in [-0.2, 0) is 0 Å². The number of ether oxygens (including phenoxy) is 1. The molecule has 4 heterocycles. The molecule has 6 rings (SSSR count). The van der Waals surface area contributed by atoms with E-state index < -0.39 is 0 Å². The van der Waals surface area contributed by atoms with Gasteiger partial charge in [0.1, 0.15) is 23.4 Å². The number of hydrogen-bond donors (Lipinski definition) is 2. The summed E-state index contributed by atoms with van der Waals surface area (Å²) in [5, 5.41) is 18.7. The zero-order valence-corrected chi connectivity index (χ0v) is 23.6. The van der Waals surface area contributed by atoms with E-state index in [1.165, 1.54) is 0 Å². The Labute approximate surface area is 245 Å². The van der Waals surface area contributed by atoms with Gasteiger partial charge in [-0.3, -0.25) is 0 Å². The third-order valence-electron chi connectivity index (χ3n) is 7.63. The van der Waals surface area contributed by atoms with Crippen LogP contribution in [0.1, 0.15) is 25.6 Å². The van der Waals surface area contributed by atoms with Crippen LogP contribution in [0.3, 0.4) is 0 Å². The maximum absolute atomic E-state index is 10.3. The molecule has 0 unspecified atom stereocenters. The molecular formula is C32H34N8O2. The van der Waals surface area contributed by atoms with Crippen LogP contribution in [0.25, 0.3) is 11.3 Å². The lowest BCUT2D eigenvalue weighted by Gasteiger charge is -2.34. The highest BCUT2D eigenvalue weighted by Crippen LogP contribution is 2.34. The van der Waals surface area contributed by atoms with E-state index in [9.17, 15) is 5.11 Å². The summed E-state index contributed by atoms with van der Waals surface area (Å²) in [4.78, 5) is 15.9. The van der Waals surface area contributed by atoms with E-state index in [-0.39, 0.29) is 11.9 Å². The molecule has 0 amide bonds. The number of nitrogens with zero attached hydrogens (tertiary/aromatic N) is 7. The van der Waals surface area contributed by atoms with Gasteiger partial charge in [-0.05, 0) is 55.2 Å². The Bertz CT molecular complexity index is 1620. The predicted molar refractivity (Wildman–Crippen MR) is 165 cm³/mol. The van der Waals surface area contributed by atoms with Gasteiger partial charge in [-0.15, -0.1) is 10.2 Å². The molecule has 4 aromatic rings. The van der Waals surface area contributed by atoms with Crippen molar-refractivity contribution < 1.29 is 9.84 Å². The fourth-order valence-corrected chi connectivity index (χ4v) is 5.39. The number of hydrogen-bond acceptors (Lipinski definition) is 10. The molecule has 42 heavy (non-hydrogen) atoms. The second-order valence-electron chi connectivity index (χ2n) is 10.4. The van der Waals surface area contributed by atoms with Gasteiger partial charge in [0.2, 0.25) is 5.82 Å². The summed E-state index contributed by atoms with van der Waals surface area (Å²) in [7, 11) is 0. The molecule has 1 atom stereocenters. The van der Waals surface area contributed by atoms with Gasteiger partial charge < -0.3 is 30.3 Å². The average molecular weight is 563 g/mol. The second-order valence-corrected chi connectivity index (χ2v) is 10.4. The van der Waals surface area contributed by atoms with Crippen LogP contribution in [0.2, 0.25) is 0 Å². The topological polar surface area (TPSA) is 117 Å². The molecule has 3 N–H and O–H groups in total. The van der Waals surface area contributed by atoms with E-state index in [0.29, 0.717) is 29.4 Å². The van der Waals surface area contributed by atoms with Crippen LogP contribution in [0.5, 0.6) is 11.5 Å². The van der Waals surface area contributed by atoms with Gasteiger partial charge in [0, 0.05) is 37.9 Å². The van der Waals surface area contributed by atoms with Crippen molar-refractivity contribution in [3.05, 3.63) is 72.7 Å². The summed E-state index contributed by atoms with van der Waals surface area (Å²) in [6.07, 6.45) is 3.78. The molecule has 2 aromatic heterocycles. The Hall–Kier alpha value is -5.04. The van der Waals surface area contributed by atoms with Crippen LogP contribution in [0.15, 0.2) is 66.9 Å². The van der Waals surface area contributed by atoms with E-state index in [4.69, 9.17) is 15.5 Å². The molecule has 10 nitrogen and oxygen atoms in total. The van der Waals surface area contributed by atoms with E-state index in [2.05, 4.69) is 54.7 Å². The lowest BCUT2D eigenvalue weighted by atomic mass is 10.1. The minimum atomic E-state index is 0.152. The van der Waals surface area contributed by atoms with Gasteiger partial charge in [-0.1, -0.05) is 37.1 Å². The molecule has 1 fully saturated rings. The van der Waals surface area contributed by atoms with Crippen LogP contribution in [0.4, 0.5) is 23.0 Å². The van der Waals surface area contributed by atoms with Crippen molar-refractivity contribution in [1.82, 2.24) is 20.2 Å². The number of benzene rings is 2. The number of aromatic nitrogens is 4. The number of phenols is 1. The molecule has 0 aliphatic carbocycles. The third kappa shape index (κ3) is 5.86. The Morgan fingerprint density at radius 3 is 2.67 bits per heavy atom. The summed E-state index contributed by atoms with van der Waals surface area (Å²) < 4.78 is 6.10. The minimum absolute atomic E-state index is 0.152. The molecular weight excluding hydrogens is 528 g/mol. The molecule has 214 valence electrons. The van der Waals surface area contributed by atoms with Crippen molar-refractivity contribution in [2.75, 3.05) is 59.7 Å². The van der Waals surface area contributed by atoms with Crippen molar-refractivity contribution in [3.8, 4) is 34.6 Å². The summed E-state index contributed by atoms with van der Waals surface area (Å²) in [6, 6.07) is 19.0. The minimum Gasteiger partial charge on any atom is -0.507 e. The van der Waals surface area contributed by atoms with Gasteiger partial charge in [0.15, 0.2) is 5.82 Å². The normalized spacial score (nSPS) is 16.6. The van der Waals surface area contributed by atoms with Crippen LogP contribution >= 0.6 is 0 Å². The summed E-state index contributed by atoms with van der Waals surface area (Å²) in [5.41, 5.74) is 9.35. The van der Waals surface area contributed by atoms with Crippen LogP contribution < -0.4 is 25.2 Å². The maximum atomic E-state index is 10.3. The maximum Gasteiger partial charge on any atom is 0.206 e. The largest absolute Gasteiger partial charge is 0.507 e. The van der Waals surface area contributed by atoms with Gasteiger partial charge in [0.05, 0.1) is 30.2 Å². The first-order chi connectivity index (χ1) is 20.6. The number of rotatable bonds is 5. The standard InChI is InChI=1S/C32H34N8O2/c1-2-23-22-40(26-10-4-6-12-29(26)42-23)16-7-13-30-34-15-14-31(35-30)39-18-8-17-38(19-20-39)27-21-25(36-37-32(27)33)24-9-3-5-11-28(24)41/h3-6,9-12,14-15,21,23,41H,2,8,16-20,22H2,1H3,(H2,33,37)/t23-/m1/s1. The highest BCUT2D eigenvalue weighted by Gasteiger charge is 2.24. The number of nitrogen functional groups attached to an aromatic ring is 1. The highest BCUT2D eigenvalue weighted by atomic mass is 16.5. The van der Waals surface area contributed by atoms with Gasteiger partial charge >= 0.3 is 0 Å². The quantitative estimate of drug-likeness (QED) is 0.346. The number of anilines is 4. The van der Waals surface area contributed by atoms with Gasteiger partial charge in [0.25, 0.3) is 0 Å². The fraction of sp³-hybridized carbons (Fsp3) is 0.312. The average Bonchev–Trinajstić information content (AvgIpc) is 3.28. The zero-order valence-electron chi connectivity index (χ0n) is 23.6. The molecule has 1 saturated heterocycles. The summed E-state index contributed by atoms with van der Waals surface area (Å²) in [5.74, 6) is 9.26. The van der Waals surface area contributed by atoms with Crippen molar-refractivity contribution in [2.45, 2.75) is 25.9 Å². The van der Waals surface area contributed by atoms with Gasteiger partial charge in [-0.25, -0.2) is 9.97 Å². The van der Waals surface area contributed by atoms with Crippen molar-refractivity contribution in [3.63, 3.8) is 0 Å². The Balaban J connectivity index is 1.14. The highest BCUT2D eigenvalue weighted by molar-refractivity contribution is 5.74. The molecule has 0 saturated carbocycles. The SMILES string of the molecule is CC[C@@H]1CN(CC#Cc2nccc(N3CCCN(c4cc(-c5ccccc5O)nnc4N)CC3)n2)c2ccccc2O1. The first kappa shape index (κ1) is 27.1. The molecule has 0 radical (unpaired) electrons. The number of aromatic hydroxyl groups is 1. The van der Waals surface area contributed by atoms with Crippen LogP contribution in [-0.4, -0.2) is 70.6 Å². The molecule has 2 aromatic carbocycles. The lowest BCUT2D eigenvalue weighted by Crippen LogP contribution is -2.39. The van der Waals surface area contributed by atoms with Crippen molar-refractivity contribution >= 4 is 23.0 Å². The third-order valence-corrected chi connectivity index (χ3v) is 7.63. The Kier molecular flexibility index (Phi) is 7.90. The predicted octanol–water partition coefficient (Wildman–Crippen LogP) is 3.97. The Morgan fingerprint density at radius 2 is 1.79 bits per heavy atom. The van der Waals surface area contributed by atoms with E-state index in [1.54, 1.807) is 18.3 Å². The molecule has 0 bridgehead atoms. The first-order valence-corrected chi connectivity index (χ1v) is 14.3. The lowest BCUT2D eigenvalue weighted by molar-refractivity contribution is 0.190. The molecule has 0 spiro atoms. The second kappa shape index (κ2) is 12.2. The number of para-hydroxylation sites is 3. The van der Waals surface area contributed by atoms with Crippen molar-refractivity contribution in [1.29, 1.82) is 0 Å². The Morgan fingerprint density at radius 1 is 0.976 bits per heavy atom. The number of phenolic OH excluding ortho intramolecular Hbond substituents is 1. The van der Waals surface area contributed by atoms with E-state index in [1.807, 2.05) is 42.5 Å². The molecule has 2 aliphatic rings. The van der Waals surface area contributed by atoms with Crippen LogP contribution in [0, 0.1) is 11.8 Å². The molecule has 2 aliphatic heterocycles. The monoisotopic (exact) mass is 562 g/mol. The van der Waals surface area contributed by atoms with E-state index in [0.717, 1.165) is 68.5 Å². The smallest absolute Gasteiger partial charge is 0.206 e. The zero-order chi connectivity index (χ0) is 28.9. The fourth-order valence-electron chi connectivity index (χ4n) is 5.39. The van der Waals surface area contributed by atoms with Crippen molar-refractivity contribution in [2.24, 2.45) is 0 Å². The number of nitrogens with two attached hydrogens (primary N) is 1. The molecule has 10 heteroatoms. The van der Waals surface area contributed by atoms with E-state index >= 15 is 0 Å². The summed E-state index contributed by atoms with van der Waals surface area (Å²) >= 11 is 0. The van der Waals surface area contributed by atoms with Gasteiger partial charge in [-0.2, -0.15) is 0 Å². The number of fused-ring (bicyclic) bond motifs is 1.